The Morgan fingerprint density at radius 3 is 2.42 bits per heavy atom. The predicted octanol–water partition coefficient (Wildman–Crippen LogP) is 3.40. The minimum atomic E-state index is -4.41. The normalized spacial score (nSPS) is 16.1. The monoisotopic (exact) mass is 523 g/mol. The number of rotatable bonds is 9. The third-order valence-electron chi connectivity index (χ3n) is 6.02. The summed E-state index contributed by atoms with van der Waals surface area (Å²) in [5, 5.41) is 3.54. The number of likely N-dealkylation sites (tertiary alicyclic amines) is 1. The fourth-order valence-electron chi connectivity index (χ4n) is 3.98. The van der Waals surface area contributed by atoms with Crippen LogP contribution in [0.1, 0.15) is 39.0 Å². The number of benzene rings is 2. The summed E-state index contributed by atoms with van der Waals surface area (Å²) in [6.07, 6.45) is -3.66. The SMILES string of the molecule is C=CS(=O)(=O)NCC1CCN(C(=O)c2ccc(CC(=O)NCc3ccc(C(F)(F)F)cc3)cc2C)C1. The van der Waals surface area contributed by atoms with Gasteiger partial charge in [0.25, 0.3) is 5.91 Å². The maximum atomic E-state index is 13.0. The van der Waals surface area contributed by atoms with Gasteiger partial charge in [0.15, 0.2) is 0 Å². The third-order valence-corrected chi connectivity index (χ3v) is 7.03. The first-order valence-corrected chi connectivity index (χ1v) is 12.9. The Hall–Kier alpha value is -3.18. The first-order chi connectivity index (χ1) is 16.9. The summed E-state index contributed by atoms with van der Waals surface area (Å²) >= 11 is 0. The first kappa shape index (κ1) is 27.4. The molecule has 2 N–H and O–H groups in total. The zero-order chi connectivity index (χ0) is 26.5. The molecule has 1 heterocycles. The van der Waals surface area contributed by atoms with Crippen LogP contribution in [0.2, 0.25) is 0 Å². The molecule has 0 bridgehead atoms. The molecule has 1 fully saturated rings. The number of hydrogen-bond acceptors (Lipinski definition) is 4. The molecule has 2 aromatic rings. The van der Waals surface area contributed by atoms with Gasteiger partial charge in [-0.25, -0.2) is 13.1 Å². The minimum absolute atomic E-state index is 0.0108. The van der Waals surface area contributed by atoms with Crippen molar-refractivity contribution in [2.45, 2.75) is 32.5 Å². The lowest BCUT2D eigenvalue weighted by atomic mass is 10.0. The molecular formula is C25H28F3N3O4S. The summed E-state index contributed by atoms with van der Waals surface area (Å²) < 4.78 is 63.5. The molecule has 194 valence electrons. The van der Waals surface area contributed by atoms with Gasteiger partial charge < -0.3 is 10.2 Å². The Kier molecular flexibility index (Phi) is 8.57. The van der Waals surface area contributed by atoms with Gasteiger partial charge in [-0.2, -0.15) is 13.2 Å². The quantitative estimate of drug-likeness (QED) is 0.527. The fraction of sp³-hybridized carbons (Fsp3) is 0.360. The van der Waals surface area contributed by atoms with Crippen molar-refractivity contribution in [2.75, 3.05) is 19.6 Å². The molecule has 2 amide bonds. The third kappa shape index (κ3) is 7.41. The number of sulfonamides is 1. The number of alkyl halides is 3. The van der Waals surface area contributed by atoms with E-state index in [4.69, 9.17) is 0 Å². The van der Waals surface area contributed by atoms with Crippen LogP contribution in [-0.2, 0) is 34.0 Å². The second-order valence-electron chi connectivity index (χ2n) is 8.76. The highest BCUT2D eigenvalue weighted by Gasteiger charge is 2.30. The maximum Gasteiger partial charge on any atom is 0.416 e. The van der Waals surface area contributed by atoms with Gasteiger partial charge >= 0.3 is 6.18 Å². The molecule has 2 aromatic carbocycles. The van der Waals surface area contributed by atoms with Gasteiger partial charge in [-0.1, -0.05) is 30.8 Å². The lowest BCUT2D eigenvalue weighted by molar-refractivity contribution is -0.137. The lowest BCUT2D eigenvalue weighted by Crippen LogP contribution is -2.32. The van der Waals surface area contributed by atoms with Crippen LogP contribution in [0.3, 0.4) is 0 Å². The Balaban J connectivity index is 1.52. The molecule has 0 radical (unpaired) electrons. The molecule has 1 aliphatic heterocycles. The predicted molar refractivity (Wildman–Crippen MR) is 129 cm³/mol. The molecule has 0 spiro atoms. The van der Waals surface area contributed by atoms with E-state index in [-0.39, 0.29) is 37.2 Å². The van der Waals surface area contributed by atoms with Gasteiger partial charge in [0.05, 0.1) is 12.0 Å². The van der Waals surface area contributed by atoms with Crippen LogP contribution in [0.4, 0.5) is 13.2 Å². The Bertz CT molecular complexity index is 1230. The van der Waals surface area contributed by atoms with Crippen LogP contribution in [0.5, 0.6) is 0 Å². The number of carbonyl (C=O) groups is 2. The summed E-state index contributed by atoms with van der Waals surface area (Å²) in [5.74, 6) is -0.436. The summed E-state index contributed by atoms with van der Waals surface area (Å²) in [7, 11) is -3.51. The van der Waals surface area contributed by atoms with E-state index < -0.39 is 21.8 Å². The Morgan fingerprint density at radius 2 is 1.81 bits per heavy atom. The second kappa shape index (κ2) is 11.3. The van der Waals surface area contributed by atoms with Gasteiger partial charge in [0, 0.05) is 37.2 Å². The number of nitrogens with zero attached hydrogens (tertiary/aromatic N) is 1. The van der Waals surface area contributed by atoms with E-state index in [9.17, 15) is 31.2 Å². The van der Waals surface area contributed by atoms with Crippen LogP contribution >= 0.6 is 0 Å². The highest BCUT2D eigenvalue weighted by Crippen LogP contribution is 2.29. The minimum Gasteiger partial charge on any atom is -0.352 e. The second-order valence-corrected chi connectivity index (χ2v) is 10.5. The molecule has 11 heteroatoms. The van der Waals surface area contributed by atoms with Gasteiger partial charge in [-0.3, -0.25) is 9.59 Å². The number of carbonyl (C=O) groups excluding carboxylic acids is 2. The van der Waals surface area contributed by atoms with E-state index in [1.807, 2.05) is 0 Å². The molecular weight excluding hydrogens is 495 g/mol. The van der Waals surface area contributed by atoms with E-state index in [0.717, 1.165) is 17.5 Å². The Labute approximate surface area is 208 Å². The number of hydrogen-bond donors (Lipinski definition) is 2. The van der Waals surface area contributed by atoms with Crippen molar-refractivity contribution < 1.29 is 31.2 Å². The van der Waals surface area contributed by atoms with E-state index in [1.54, 1.807) is 30.0 Å². The summed E-state index contributed by atoms with van der Waals surface area (Å²) in [4.78, 5) is 27.0. The van der Waals surface area contributed by atoms with Gasteiger partial charge in [-0.15, -0.1) is 0 Å². The van der Waals surface area contributed by atoms with Crippen molar-refractivity contribution in [1.82, 2.24) is 14.9 Å². The van der Waals surface area contributed by atoms with E-state index >= 15 is 0 Å². The summed E-state index contributed by atoms with van der Waals surface area (Å²) in [6.45, 7) is 6.33. The van der Waals surface area contributed by atoms with Crippen molar-refractivity contribution in [2.24, 2.45) is 5.92 Å². The average molecular weight is 524 g/mol. The largest absolute Gasteiger partial charge is 0.416 e. The fourth-order valence-corrected chi connectivity index (χ4v) is 4.57. The summed E-state index contributed by atoms with van der Waals surface area (Å²) in [6, 6.07) is 9.73. The molecule has 0 aromatic heterocycles. The average Bonchev–Trinajstić information content (AvgIpc) is 3.30. The van der Waals surface area contributed by atoms with Gasteiger partial charge in [-0.05, 0) is 54.2 Å². The molecule has 36 heavy (non-hydrogen) atoms. The topological polar surface area (TPSA) is 95.6 Å². The van der Waals surface area contributed by atoms with Crippen molar-refractivity contribution in [3.63, 3.8) is 0 Å². The van der Waals surface area contributed by atoms with Crippen molar-refractivity contribution in [3.05, 3.63) is 82.3 Å². The van der Waals surface area contributed by atoms with E-state index in [1.165, 1.54) is 12.1 Å². The van der Waals surface area contributed by atoms with Crippen LogP contribution in [-0.4, -0.2) is 44.8 Å². The first-order valence-electron chi connectivity index (χ1n) is 11.3. The maximum absolute atomic E-state index is 13.0. The van der Waals surface area contributed by atoms with Crippen molar-refractivity contribution in [3.8, 4) is 0 Å². The van der Waals surface area contributed by atoms with Crippen molar-refractivity contribution >= 4 is 21.8 Å². The molecule has 1 unspecified atom stereocenters. The molecule has 7 nitrogen and oxygen atoms in total. The standard InChI is InChI=1S/C25H28F3N3O4S/c1-3-36(34,35)30-15-20-10-11-31(16-20)24(33)22-9-6-19(12-17(22)2)13-23(32)29-14-18-4-7-21(8-5-18)25(26,27)28/h3-9,12,20,30H,1,10-11,13-16H2,2H3,(H,29,32). The van der Waals surface area contributed by atoms with Crippen LogP contribution < -0.4 is 10.0 Å². The van der Waals surface area contributed by atoms with E-state index in [0.29, 0.717) is 41.8 Å². The smallest absolute Gasteiger partial charge is 0.352 e. The molecule has 3 rings (SSSR count). The van der Waals surface area contributed by atoms with E-state index in [2.05, 4.69) is 16.6 Å². The zero-order valence-corrected chi connectivity index (χ0v) is 20.6. The molecule has 1 atom stereocenters. The summed E-state index contributed by atoms with van der Waals surface area (Å²) in [5.41, 5.74) is 1.73. The highest BCUT2D eigenvalue weighted by molar-refractivity contribution is 7.92. The number of nitrogens with one attached hydrogen (secondary N) is 2. The highest BCUT2D eigenvalue weighted by atomic mass is 32.2. The molecule has 0 aliphatic carbocycles. The van der Waals surface area contributed by atoms with Gasteiger partial charge in [0.2, 0.25) is 15.9 Å². The molecule has 0 saturated carbocycles. The van der Waals surface area contributed by atoms with Crippen LogP contribution in [0.25, 0.3) is 0 Å². The number of amides is 2. The Morgan fingerprint density at radius 1 is 1.14 bits per heavy atom. The van der Waals surface area contributed by atoms with Crippen LogP contribution in [0, 0.1) is 12.8 Å². The molecule has 1 aliphatic rings. The number of halogens is 3. The lowest BCUT2D eigenvalue weighted by Gasteiger charge is -2.18. The van der Waals surface area contributed by atoms with Crippen molar-refractivity contribution in [1.29, 1.82) is 0 Å². The number of aryl methyl sites for hydroxylation is 1. The zero-order valence-electron chi connectivity index (χ0n) is 19.8. The molecule has 1 saturated heterocycles. The van der Waals surface area contributed by atoms with Crippen LogP contribution in [0.15, 0.2) is 54.5 Å². The van der Waals surface area contributed by atoms with Gasteiger partial charge in [0.1, 0.15) is 0 Å².